The number of pyridine rings is 1. The van der Waals surface area contributed by atoms with E-state index in [1.165, 1.54) is 6.07 Å². The predicted octanol–water partition coefficient (Wildman–Crippen LogP) is 2.85. The van der Waals surface area contributed by atoms with E-state index in [0.29, 0.717) is 23.9 Å². The number of nitrogens with one attached hydrogen (secondary N) is 1. The number of hydrogen-bond acceptors (Lipinski definition) is 7. The minimum Gasteiger partial charge on any atom is -0.486 e. The zero-order valence-corrected chi connectivity index (χ0v) is 17.5. The number of methoxy groups -OCH3 is 1. The second-order valence-electron chi connectivity index (χ2n) is 7.70. The van der Waals surface area contributed by atoms with E-state index in [2.05, 4.69) is 20.5 Å². The fourth-order valence-electron chi connectivity index (χ4n) is 3.89. The molecule has 1 amide bonds. The molecule has 1 unspecified atom stereocenters. The molecule has 1 aromatic carbocycles. The molecule has 3 aromatic rings. The highest BCUT2D eigenvalue weighted by atomic mass is 19.1. The van der Waals surface area contributed by atoms with Crippen molar-refractivity contribution < 1.29 is 23.4 Å². The summed E-state index contributed by atoms with van der Waals surface area (Å²) in [5.74, 6) is 1.07. The van der Waals surface area contributed by atoms with Crippen LogP contribution in [0.5, 0.6) is 11.5 Å². The number of nitrogens with zero attached hydrogens (tertiary/aromatic N) is 4. The first-order chi connectivity index (χ1) is 15.6. The summed E-state index contributed by atoms with van der Waals surface area (Å²) < 4.78 is 33.0. The molecular weight excluding hydrogens is 417 g/mol. The molecule has 1 N–H and O–H groups in total. The lowest BCUT2D eigenvalue weighted by Crippen LogP contribution is -2.33. The van der Waals surface area contributed by atoms with Gasteiger partial charge < -0.3 is 24.1 Å². The van der Waals surface area contributed by atoms with Crippen LogP contribution in [-0.4, -0.2) is 52.1 Å². The Morgan fingerprint density at radius 3 is 3.06 bits per heavy atom. The Morgan fingerprint density at radius 1 is 1.28 bits per heavy atom. The van der Waals surface area contributed by atoms with Crippen molar-refractivity contribution in [2.75, 3.05) is 25.6 Å². The maximum absolute atomic E-state index is 14.6. The number of aromatic nitrogens is 4. The van der Waals surface area contributed by atoms with Crippen LogP contribution in [0.1, 0.15) is 29.0 Å². The molecule has 10 heteroatoms. The minimum absolute atomic E-state index is 0.169. The summed E-state index contributed by atoms with van der Waals surface area (Å²) in [4.78, 5) is 17.3. The van der Waals surface area contributed by atoms with Crippen molar-refractivity contribution >= 4 is 11.7 Å². The maximum atomic E-state index is 14.6. The van der Waals surface area contributed by atoms with Gasteiger partial charge in [-0.15, -0.1) is 10.2 Å². The van der Waals surface area contributed by atoms with Gasteiger partial charge in [0.2, 0.25) is 0 Å². The molecule has 1 atom stereocenters. The lowest BCUT2D eigenvalue weighted by atomic mass is 10.1. The summed E-state index contributed by atoms with van der Waals surface area (Å²) in [5, 5.41) is 11.2. The summed E-state index contributed by atoms with van der Waals surface area (Å²) in [5.41, 5.74) is 0.422. The normalized spacial score (nSPS) is 17.0. The molecule has 0 fully saturated rings. The average Bonchev–Trinajstić information content (AvgIpc) is 3.23. The number of amides is 1. The third-order valence-electron chi connectivity index (χ3n) is 5.43. The number of hydrogen-bond donors (Lipinski definition) is 1. The van der Waals surface area contributed by atoms with Gasteiger partial charge in [-0.1, -0.05) is 6.07 Å². The van der Waals surface area contributed by atoms with E-state index in [-0.39, 0.29) is 29.8 Å². The van der Waals surface area contributed by atoms with Crippen molar-refractivity contribution in [3.8, 4) is 23.0 Å². The Hall–Kier alpha value is -3.53. The van der Waals surface area contributed by atoms with Gasteiger partial charge in [-0.05, 0) is 31.0 Å². The molecule has 0 bridgehead atoms. The number of carbonyl (C=O) groups is 1. The highest BCUT2D eigenvalue weighted by Gasteiger charge is 2.25. The molecule has 0 saturated heterocycles. The van der Waals surface area contributed by atoms with Gasteiger partial charge in [0.25, 0.3) is 5.91 Å². The zero-order valence-electron chi connectivity index (χ0n) is 17.5. The van der Waals surface area contributed by atoms with E-state index in [0.717, 1.165) is 37.7 Å². The smallest absolute Gasteiger partial charge is 0.259 e. The number of fused-ring (bicyclic) bond motifs is 2. The molecule has 32 heavy (non-hydrogen) atoms. The second-order valence-corrected chi connectivity index (χ2v) is 7.70. The van der Waals surface area contributed by atoms with Gasteiger partial charge in [0.15, 0.2) is 23.4 Å². The number of halogens is 1. The van der Waals surface area contributed by atoms with Gasteiger partial charge in [-0.2, -0.15) is 0 Å². The van der Waals surface area contributed by atoms with Crippen molar-refractivity contribution in [3.05, 3.63) is 47.5 Å². The van der Waals surface area contributed by atoms with Gasteiger partial charge in [-0.25, -0.2) is 9.37 Å². The Labute approximate surface area is 183 Å². The van der Waals surface area contributed by atoms with Crippen LogP contribution in [0.2, 0.25) is 0 Å². The van der Waals surface area contributed by atoms with E-state index in [4.69, 9.17) is 14.2 Å². The number of ether oxygens (including phenoxy) is 3. The predicted molar refractivity (Wildman–Crippen MR) is 112 cm³/mol. The van der Waals surface area contributed by atoms with Gasteiger partial charge in [0.1, 0.15) is 29.8 Å². The lowest BCUT2D eigenvalue weighted by molar-refractivity contribution is 0.0269. The standard InChI is InChI=1S/C22H22FN5O4/c1-30-11-13-12-31-17-10-15(23)14(9-18(17)32-13)22(29)25-19-6-4-5-16(24-19)21-27-26-20-7-2-3-8-28(20)21/h4-6,9-10,13H,2-3,7-8,11-12H2,1H3,(H,24,25,29). The molecule has 166 valence electrons. The molecule has 4 heterocycles. The van der Waals surface area contributed by atoms with Crippen molar-refractivity contribution in [2.45, 2.75) is 31.9 Å². The molecule has 0 spiro atoms. The van der Waals surface area contributed by atoms with Crippen LogP contribution in [0.4, 0.5) is 10.2 Å². The van der Waals surface area contributed by atoms with Crippen LogP contribution in [0.25, 0.3) is 11.5 Å². The second kappa shape index (κ2) is 8.54. The fraction of sp³-hybridized carbons (Fsp3) is 0.364. The van der Waals surface area contributed by atoms with Crippen LogP contribution < -0.4 is 14.8 Å². The van der Waals surface area contributed by atoms with Gasteiger partial charge in [0, 0.05) is 26.1 Å². The van der Waals surface area contributed by atoms with E-state index < -0.39 is 11.7 Å². The average molecular weight is 439 g/mol. The molecule has 2 aromatic heterocycles. The summed E-state index contributed by atoms with van der Waals surface area (Å²) >= 11 is 0. The Kier molecular flexibility index (Phi) is 5.44. The summed E-state index contributed by atoms with van der Waals surface area (Å²) in [7, 11) is 1.55. The number of anilines is 1. The van der Waals surface area contributed by atoms with Gasteiger partial charge >= 0.3 is 0 Å². The molecule has 0 radical (unpaired) electrons. The van der Waals surface area contributed by atoms with Crippen molar-refractivity contribution in [1.82, 2.24) is 19.7 Å². The highest BCUT2D eigenvalue weighted by Crippen LogP contribution is 2.34. The summed E-state index contributed by atoms with van der Waals surface area (Å²) in [6, 6.07) is 7.69. The van der Waals surface area contributed by atoms with Gasteiger partial charge in [-0.3, -0.25) is 4.79 Å². The lowest BCUT2D eigenvalue weighted by Gasteiger charge is -2.26. The van der Waals surface area contributed by atoms with E-state index >= 15 is 0 Å². The number of rotatable bonds is 5. The van der Waals surface area contributed by atoms with Gasteiger partial charge in [0.05, 0.1) is 12.2 Å². The summed E-state index contributed by atoms with van der Waals surface area (Å²) in [6.45, 7) is 1.40. The van der Waals surface area contributed by atoms with Crippen LogP contribution in [0.15, 0.2) is 30.3 Å². The molecule has 5 rings (SSSR count). The Morgan fingerprint density at radius 2 is 2.19 bits per heavy atom. The van der Waals surface area contributed by atoms with Crippen LogP contribution in [0, 0.1) is 5.82 Å². The number of carbonyl (C=O) groups excluding carboxylic acids is 1. The van der Waals surface area contributed by atoms with Crippen LogP contribution in [0.3, 0.4) is 0 Å². The maximum Gasteiger partial charge on any atom is 0.259 e. The molecular formula is C22H22FN5O4. The first-order valence-electron chi connectivity index (χ1n) is 10.4. The van der Waals surface area contributed by atoms with E-state index in [1.807, 2.05) is 10.6 Å². The topological polar surface area (TPSA) is 100 Å². The van der Waals surface area contributed by atoms with Crippen molar-refractivity contribution in [2.24, 2.45) is 0 Å². The van der Waals surface area contributed by atoms with E-state index in [9.17, 15) is 9.18 Å². The summed E-state index contributed by atoms with van der Waals surface area (Å²) in [6.07, 6.45) is 2.71. The number of aryl methyl sites for hydroxylation is 1. The van der Waals surface area contributed by atoms with E-state index in [1.54, 1.807) is 19.2 Å². The molecule has 9 nitrogen and oxygen atoms in total. The molecule has 2 aliphatic rings. The number of benzene rings is 1. The zero-order chi connectivity index (χ0) is 22.1. The minimum atomic E-state index is -0.710. The van der Waals surface area contributed by atoms with Crippen LogP contribution in [-0.2, 0) is 17.7 Å². The third-order valence-corrected chi connectivity index (χ3v) is 5.43. The molecule has 0 aliphatic carbocycles. The Balaban J connectivity index is 1.37. The Bertz CT molecular complexity index is 1170. The van der Waals surface area contributed by atoms with Crippen molar-refractivity contribution in [3.63, 3.8) is 0 Å². The first-order valence-corrected chi connectivity index (χ1v) is 10.4. The highest BCUT2D eigenvalue weighted by molar-refractivity contribution is 6.04. The fourth-order valence-corrected chi connectivity index (χ4v) is 3.89. The van der Waals surface area contributed by atoms with Crippen molar-refractivity contribution in [1.29, 1.82) is 0 Å². The van der Waals surface area contributed by atoms with Crippen LogP contribution >= 0.6 is 0 Å². The first kappa shape index (κ1) is 20.4. The largest absolute Gasteiger partial charge is 0.486 e. The quantitative estimate of drug-likeness (QED) is 0.652. The SMILES string of the molecule is COCC1COc2cc(F)c(C(=O)Nc3cccc(-c4nnc5n4CCCC5)n3)cc2O1. The monoisotopic (exact) mass is 439 g/mol. The third kappa shape index (κ3) is 3.89. The molecule has 2 aliphatic heterocycles. The molecule has 0 saturated carbocycles.